The highest BCUT2D eigenvalue weighted by atomic mass is 35.5. The van der Waals surface area contributed by atoms with Gasteiger partial charge in [0.05, 0.1) is 17.0 Å². The number of rotatable bonds is 5. The first kappa shape index (κ1) is 18.7. The fourth-order valence-corrected chi connectivity index (χ4v) is 3.88. The average molecular weight is 385 g/mol. The third kappa shape index (κ3) is 3.57. The summed E-state index contributed by atoms with van der Waals surface area (Å²) in [7, 11) is 0. The van der Waals surface area contributed by atoms with Gasteiger partial charge in [-0.1, -0.05) is 41.9 Å². The van der Waals surface area contributed by atoms with E-state index in [9.17, 15) is 18.9 Å². The first-order chi connectivity index (χ1) is 12.4. The minimum absolute atomic E-state index is 0.113. The normalized spacial score (nSPS) is 22.5. The van der Waals surface area contributed by atoms with Crippen LogP contribution in [0, 0.1) is 10.1 Å². The molecule has 0 saturated carbocycles. The van der Waals surface area contributed by atoms with Crippen molar-refractivity contribution in [2.75, 3.05) is 6.54 Å². The second-order valence-corrected chi connectivity index (χ2v) is 6.78. The van der Waals surface area contributed by atoms with Crippen molar-refractivity contribution >= 4 is 17.3 Å². The Hall–Kier alpha value is -2.06. The Morgan fingerprint density at radius 1 is 1.35 bits per heavy atom. The third-order valence-corrected chi connectivity index (χ3v) is 5.36. The number of halogens is 3. The van der Waals surface area contributed by atoms with Crippen molar-refractivity contribution in [3.05, 3.63) is 57.4 Å². The number of benzene rings is 1. The van der Waals surface area contributed by atoms with E-state index in [4.69, 9.17) is 11.6 Å². The predicted molar refractivity (Wildman–Crippen MR) is 93.5 cm³/mol. The van der Waals surface area contributed by atoms with Crippen molar-refractivity contribution in [1.29, 1.82) is 0 Å². The van der Waals surface area contributed by atoms with E-state index in [1.54, 1.807) is 4.90 Å². The zero-order valence-corrected chi connectivity index (χ0v) is 14.9. The Bertz CT molecular complexity index is 771. The zero-order chi connectivity index (χ0) is 18.8. The molecule has 3 rings (SSSR count). The first-order valence-electron chi connectivity index (χ1n) is 8.36. The number of hydrogen-bond donors (Lipinski definition) is 0. The van der Waals surface area contributed by atoms with Gasteiger partial charge in [0, 0.05) is 12.6 Å². The fraction of sp³-hybridized carbons (Fsp3) is 0.471. The minimum Gasteiger partial charge on any atom is -0.288 e. The highest BCUT2D eigenvalue weighted by Gasteiger charge is 2.39. The van der Waals surface area contributed by atoms with Crippen LogP contribution in [0.1, 0.15) is 37.4 Å². The van der Waals surface area contributed by atoms with Crippen LogP contribution < -0.4 is 0 Å². The van der Waals surface area contributed by atoms with Gasteiger partial charge < -0.3 is 0 Å². The molecule has 1 fully saturated rings. The topological polar surface area (TPSA) is 64.2 Å². The lowest BCUT2D eigenvalue weighted by Crippen LogP contribution is -2.48. The molecule has 1 aromatic carbocycles. The SMILES string of the molecule is C[C@H](c1ccccc1)N1CC[C@@H](n2ncc([N+](=O)[O-])c2Cl)C[C@@H]1C(F)F. The number of aromatic nitrogens is 2. The molecule has 3 atom stereocenters. The molecule has 0 amide bonds. The standard InChI is InChI=1S/C17H19ClF2N4O2/c1-11(12-5-3-2-4-6-12)22-8-7-13(9-14(22)17(19)20)23-16(18)15(10-21-23)24(25)26/h2-6,10-11,13-14,17H,7-9H2,1H3/t11-,13-,14-/m1/s1. The second kappa shape index (κ2) is 7.67. The molecule has 0 N–H and O–H groups in total. The number of nitrogens with zero attached hydrogens (tertiary/aromatic N) is 4. The van der Waals surface area contributed by atoms with Crippen LogP contribution in [0.2, 0.25) is 5.15 Å². The van der Waals surface area contributed by atoms with Gasteiger partial charge >= 0.3 is 5.69 Å². The molecule has 1 aliphatic rings. The van der Waals surface area contributed by atoms with E-state index in [0.717, 1.165) is 11.8 Å². The number of nitro groups is 1. The summed E-state index contributed by atoms with van der Waals surface area (Å²) in [6, 6.07) is 7.99. The van der Waals surface area contributed by atoms with E-state index in [0.29, 0.717) is 13.0 Å². The van der Waals surface area contributed by atoms with Crippen molar-refractivity contribution < 1.29 is 13.7 Å². The Morgan fingerprint density at radius 3 is 2.62 bits per heavy atom. The average Bonchev–Trinajstić information content (AvgIpc) is 3.03. The Kier molecular flexibility index (Phi) is 5.52. The summed E-state index contributed by atoms with van der Waals surface area (Å²) in [4.78, 5) is 12.1. The summed E-state index contributed by atoms with van der Waals surface area (Å²) in [6.45, 7) is 2.34. The maximum absolute atomic E-state index is 13.8. The lowest BCUT2D eigenvalue weighted by atomic mass is 9.94. The Morgan fingerprint density at radius 2 is 2.04 bits per heavy atom. The molecule has 0 spiro atoms. The highest BCUT2D eigenvalue weighted by Crippen LogP contribution is 2.38. The fourth-order valence-electron chi connectivity index (χ4n) is 3.58. The van der Waals surface area contributed by atoms with Crippen LogP contribution in [0.25, 0.3) is 0 Å². The molecule has 1 aliphatic heterocycles. The summed E-state index contributed by atoms with van der Waals surface area (Å²) in [5, 5.41) is 14.8. The zero-order valence-electron chi connectivity index (χ0n) is 14.1. The number of alkyl halides is 2. The van der Waals surface area contributed by atoms with E-state index >= 15 is 0 Å². The van der Waals surface area contributed by atoms with Crippen molar-refractivity contribution in [2.24, 2.45) is 0 Å². The molecule has 1 aromatic heterocycles. The van der Waals surface area contributed by atoms with Gasteiger partial charge in [-0.2, -0.15) is 5.10 Å². The highest BCUT2D eigenvalue weighted by molar-refractivity contribution is 6.31. The van der Waals surface area contributed by atoms with Gasteiger partial charge in [0.25, 0.3) is 6.43 Å². The summed E-state index contributed by atoms with van der Waals surface area (Å²) in [5.74, 6) is 0. The van der Waals surface area contributed by atoms with Crippen LogP contribution in [-0.2, 0) is 0 Å². The number of piperidine rings is 1. The lowest BCUT2D eigenvalue weighted by molar-refractivity contribution is -0.384. The molecule has 1 saturated heterocycles. The van der Waals surface area contributed by atoms with Crippen LogP contribution in [0.3, 0.4) is 0 Å². The van der Waals surface area contributed by atoms with E-state index in [2.05, 4.69) is 5.10 Å². The Labute approximate surface area is 154 Å². The van der Waals surface area contributed by atoms with E-state index in [-0.39, 0.29) is 23.3 Å². The molecular weight excluding hydrogens is 366 g/mol. The summed E-state index contributed by atoms with van der Waals surface area (Å²) in [5.41, 5.74) is 0.671. The Balaban J connectivity index is 1.81. The predicted octanol–water partition coefficient (Wildman–Crippen LogP) is 4.48. The van der Waals surface area contributed by atoms with Gasteiger partial charge in [-0.3, -0.25) is 15.0 Å². The summed E-state index contributed by atoms with van der Waals surface area (Å²) >= 11 is 6.03. The van der Waals surface area contributed by atoms with Gasteiger partial charge in [0.15, 0.2) is 0 Å². The van der Waals surface area contributed by atoms with Crippen LogP contribution >= 0.6 is 11.6 Å². The van der Waals surface area contributed by atoms with Gasteiger partial charge in [-0.15, -0.1) is 0 Å². The molecular formula is C17H19ClF2N4O2. The second-order valence-electron chi connectivity index (χ2n) is 6.43. The monoisotopic (exact) mass is 384 g/mol. The lowest BCUT2D eigenvalue weighted by Gasteiger charge is -2.42. The maximum Gasteiger partial charge on any atom is 0.325 e. The molecule has 2 heterocycles. The number of likely N-dealkylation sites (tertiary alicyclic amines) is 1. The molecule has 6 nitrogen and oxygen atoms in total. The quantitative estimate of drug-likeness (QED) is 0.563. The van der Waals surface area contributed by atoms with Crippen LogP contribution in [0.15, 0.2) is 36.5 Å². The van der Waals surface area contributed by atoms with Crippen molar-refractivity contribution in [1.82, 2.24) is 14.7 Å². The van der Waals surface area contributed by atoms with Crippen LogP contribution in [0.4, 0.5) is 14.5 Å². The van der Waals surface area contributed by atoms with Crippen LogP contribution in [-0.4, -0.2) is 38.6 Å². The molecule has 26 heavy (non-hydrogen) atoms. The molecule has 140 valence electrons. The van der Waals surface area contributed by atoms with Crippen LogP contribution in [0.5, 0.6) is 0 Å². The van der Waals surface area contributed by atoms with Gasteiger partial charge in [-0.05, 0) is 25.3 Å². The van der Waals surface area contributed by atoms with Gasteiger partial charge in [0.1, 0.15) is 6.20 Å². The molecule has 0 radical (unpaired) electrons. The maximum atomic E-state index is 13.8. The van der Waals surface area contributed by atoms with Gasteiger partial charge in [-0.25, -0.2) is 13.5 Å². The molecule has 0 unspecified atom stereocenters. The van der Waals surface area contributed by atoms with Crippen molar-refractivity contribution in [3.63, 3.8) is 0 Å². The molecule has 0 bridgehead atoms. The minimum atomic E-state index is -2.53. The van der Waals surface area contributed by atoms with E-state index in [1.165, 1.54) is 4.68 Å². The van der Waals surface area contributed by atoms with Gasteiger partial charge in [0.2, 0.25) is 5.15 Å². The van der Waals surface area contributed by atoms with Crippen molar-refractivity contribution in [3.8, 4) is 0 Å². The summed E-state index contributed by atoms with van der Waals surface area (Å²) in [6.07, 6.45) is -0.793. The number of hydrogen-bond acceptors (Lipinski definition) is 4. The molecule has 2 aromatic rings. The third-order valence-electron chi connectivity index (χ3n) is 4.99. The van der Waals surface area contributed by atoms with Crippen molar-refractivity contribution in [2.45, 2.75) is 44.3 Å². The first-order valence-corrected chi connectivity index (χ1v) is 8.74. The smallest absolute Gasteiger partial charge is 0.288 e. The van der Waals surface area contributed by atoms with E-state index in [1.807, 2.05) is 37.3 Å². The molecule has 9 heteroatoms. The largest absolute Gasteiger partial charge is 0.325 e. The van der Waals surface area contributed by atoms with E-state index < -0.39 is 23.4 Å². The summed E-state index contributed by atoms with van der Waals surface area (Å²) < 4.78 is 28.8. The molecule has 0 aliphatic carbocycles.